The van der Waals surface area contributed by atoms with E-state index in [0.29, 0.717) is 5.69 Å². The predicted molar refractivity (Wildman–Crippen MR) is 126 cm³/mol. The second-order valence-corrected chi connectivity index (χ2v) is 6.85. The Bertz CT molecular complexity index is 772. The van der Waals surface area contributed by atoms with Crippen molar-refractivity contribution in [2.24, 2.45) is 4.99 Å². The lowest BCUT2D eigenvalue weighted by molar-refractivity contribution is 0.369. The molecule has 1 aromatic carbocycles. The van der Waals surface area contributed by atoms with Crippen molar-refractivity contribution >= 4 is 35.6 Å². The van der Waals surface area contributed by atoms with Gasteiger partial charge in [-0.15, -0.1) is 34.2 Å². The predicted octanol–water partition coefficient (Wildman–Crippen LogP) is 2.78. The van der Waals surface area contributed by atoms with Crippen LogP contribution in [0.25, 0.3) is 0 Å². The Labute approximate surface area is 189 Å². The zero-order valence-electron chi connectivity index (χ0n) is 17.2. The number of nitrogens with one attached hydrogen (secondary N) is 1. The second kappa shape index (κ2) is 11.9. The van der Waals surface area contributed by atoms with Crippen LogP contribution in [-0.2, 0) is 13.0 Å². The third kappa shape index (κ3) is 6.28. The number of para-hydroxylation sites is 1. The van der Waals surface area contributed by atoms with Gasteiger partial charge in [0.05, 0.1) is 5.69 Å². The molecule has 2 heterocycles. The summed E-state index contributed by atoms with van der Waals surface area (Å²) in [7, 11) is 0. The van der Waals surface area contributed by atoms with Gasteiger partial charge in [0.1, 0.15) is 18.0 Å². The summed E-state index contributed by atoms with van der Waals surface area (Å²) in [5.74, 6) is 1.77. The van der Waals surface area contributed by atoms with Crippen LogP contribution in [0, 0.1) is 5.82 Å². The molecule has 0 atom stereocenters. The Morgan fingerprint density at radius 3 is 2.62 bits per heavy atom. The topological polar surface area (TPSA) is 61.6 Å². The van der Waals surface area contributed by atoms with Gasteiger partial charge in [-0.05, 0) is 18.6 Å². The zero-order valence-corrected chi connectivity index (χ0v) is 19.6. The van der Waals surface area contributed by atoms with Crippen LogP contribution >= 0.6 is 24.0 Å². The number of halogens is 2. The maximum absolute atomic E-state index is 14.1. The van der Waals surface area contributed by atoms with Crippen LogP contribution in [0.15, 0.2) is 35.6 Å². The van der Waals surface area contributed by atoms with Crippen LogP contribution in [0.2, 0.25) is 0 Å². The molecule has 3 rings (SSSR count). The number of nitrogens with zero attached hydrogens (tertiary/aromatic N) is 6. The smallest absolute Gasteiger partial charge is 0.194 e. The maximum Gasteiger partial charge on any atom is 0.194 e. The molecule has 0 aliphatic carbocycles. The molecule has 7 nitrogen and oxygen atoms in total. The van der Waals surface area contributed by atoms with Crippen molar-refractivity contribution in [3.05, 3.63) is 42.2 Å². The van der Waals surface area contributed by atoms with Crippen LogP contribution in [0.3, 0.4) is 0 Å². The molecule has 29 heavy (non-hydrogen) atoms. The van der Waals surface area contributed by atoms with E-state index in [-0.39, 0.29) is 29.8 Å². The lowest BCUT2D eigenvalue weighted by Gasteiger charge is -2.38. The molecule has 0 saturated carbocycles. The summed E-state index contributed by atoms with van der Waals surface area (Å²) in [4.78, 5) is 9.11. The molecule has 1 N–H and O–H groups in total. The van der Waals surface area contributed by atoms with E-state index in [1.807, 2.05) is 12.1 Å². The lowest BCUT2D eigenvalue weighted by Crippen LogP contribution is -2.53. The number of aliphatic imine (C=N–C) groups is 1. The number of rotatable bonds is 7. The van der Waals surface area contributed by atoms with Gasteiger partial charge in [-0.25, -0.2) is 4.39 Å². The van der Waals surface area contributed by atoms with Crippen LogP contribution in [0.5, 0.6) is 0 Å². The van der Waals surface area contributed by atoms with Crippen molar-refractivity contribution in [2.75, 3.05) is 44.2 Å². The Balaban J connectivity index is 0.00000300. The second-order valence-electron chi connectivity index (χ2n) is 6.85. The van der Waals surface area contributed by atoms with Crippen LogP contribution in [-0.4, -0.2) is 64.9 Å². The first-order valence-electron chi connectivity index (χ1n) is 10.1. The van der Waals surface area contributed by atoms with E-state index in [9.17, 15) is 4.39 Å². The number of piperazine rings is 1. The quantitative estimate of drug-likeness (QED) is 0.349. The summed E-state index contributed by atoms with van der Waals surface area (Å²) >= 11 is 0. The number of aryl methyl sites for hydroxylation is 1. The molecule has 1 fully saturated rings. The normalized spacial score (nSPS) is 14.7. The third-order valence-corrected chi connectivity index (χ3v) is 4.91. The van der Waals surface area contributed by atoms with Gasteiger partial charge in [0, 0.05) is 52.2 Å². The number of hydrogen-bond donors (Lipinski definition) is 1. The average Bonchev–Trinajstić information content (AvgIpc) is 3.19. The van der Waals surface area contributed by atoms with Crippen molar-refractivity contribution in [2.45, 2.75) is 33.2 Å². The summed E-state index contributed by atoms with van der Waals surface area (Å²) in [6.45, 7) is 9.76. The summed E-state index contributed by atoms with van der Waals surface area (Å²) in [5, 5.41) is 11.6. The Morgan fingerprint density at radius 1 is 1.17 bits per heavy atom. The molecule has 1 saturated heterocycles. The number of benzene rings is 1. The standard InChI is InChI=1S/C20H30FN7.HI/c1-3-9-22-20(23-10-11-28-16-24-25-19(28)4-2)27-14-12-26(13-15-27)18-8-6-5-7-17(18)21;/h5-8,16H,3-4,9-15H2,1-2H3,(H,22,23);1H. The fraction of sp³-hybridized carbons (Fsp3) is 0.550. The van der Waals surface area contributed by atoms with Crippen molar-refractivity contribution < 1.29 is 4.39 Å². The number of anilines is 1. The fourth-order valence-electron chi connectivity index (χ4n) is 3.38. The third-order valence-electron chi connectivity index (χ3n) is 4.91. The van der Waals surface area contributed by atoms with Gasteiger partial charge in [-0.1, -0.05) is 26.0 Å². The van der Waals surface area contributed by atoms with E-state index in [4.69, 9.17) is 4.99 Å². The highest BCUT2D eigenvalue weighted by molar-refractivity contribution is 14.0. The average molecular weight is 515 g/mol. The number of guanidine groups is 1. The van der Waals surface area contributed by atoms with Gasteiger partial charge < -0.3 is 19.7 Å². The number of hydrogen-bond acceptors (Lipinski definition) is 4. The van der Waals surface area contributed by atoms with Crippen LogP contribution in [0.1, 0.15) is 26.1 Å². The van der Waals surface area contributed by atoms with E-state index in [1.54, 1.807) is 12.4 Å². The molecule has 0 unspecified atom stereocenters. The molecule has 1 aliphatic heterocycles. The van der Waals surface area contributed by atoms with Gasteiger partial charge in [0.25, 0.3) is 0 Å². The first-order chi connectivity index (χ1) is 13.7. The van der Waals surface area contributed by atoms with Crippen molar-refractivity contribution in [3.8, 4) is 0 Å². The summed E-state index contributed by atoms with van der Waals surface area (Å²) in [6, 6.07) is 6.98. The molecule has 0 spiro atoms. The monoisotopic (exact) mass is 515 g/mol. The van der Waals surface area contributed by atoms with Crippen LogP contribution < -0.4 is 10.2 Å². The van der Waals surface area contributed by atoms with Gasteiger partial charge in [0.15, 0.2) is 5.96 Å². The molecular formula is C20H31FIN7. The highest BCUT2D eigenvalue weighted by atomic mass is 127. The largest absolute Gasteiger partial charge is 0.366 e. The first kappa shape index (κ1) is 23.4. The number of aromatic nitrogens is 3. The van der Waals surface area contributed by atoms with Gasteiger partial charge >= 0.3 is 0 Å². The minimum Gasteiger partial charge on any atom is -0.366 e. The van der Waals surface area contributed by atoms with Crippen molar-refractivity contribution in [3.63, 3.8) is 0 Å². The molecule has 9 heteroatoms. The molecular weight excluding hydrogens is 484 g/mol. The van der Waals surface area contributed by atoms with E-state index in [1.165, 1.54) is 6.07 Å². The molecule has 0 radical (unpaired) electrons. The molecule has 0 amide bonds. The Kier molecular flexibility index (Phi) is 9.62. The lowest BCUT2D eigenvalue weighted by atomic mass is 10.2. The highest BCUT2D eigenvalue weighted by Gasteiger charge is 2.21. The molecule has 1 aromatic heterocycles. The highest BCUT2D eigenvalue weighted by Crippen LogP contribution is 2.20. The summed E-state index contributed by atoms with van der Waals surface area (Å²) in [6.07, 6.45) is 3.65. The Morgan fingerprint density at radius 2 is 1.93 bits per heavy atom. The minimum absolute atomic E-state index is 0. The molecule has 1 aliphatic rings. The van der Waals surface area contributed by atoms with E-state index < -0.39 is 0 Å². The minimum atomic E-state index is -0.158. The van der Waals surface area contributed by atoms with Gasteiger partial charge in [-0.3, -0.25) is 4.99 Å². The molecule has 160 valence electrons. The molecule has 0 bridgehead atoms. The van der Waals surface area contributed by atoms with Gasteiger partial charge in [0.2, 0.25) is 0 Å². The fourth-order valence-corrected chi connectivity index (χ4v) is 3.38. The Hall–Kier alpha value is -1.91. The zero-order chi connectivity index (χ0) is 19.8. The maximum atomic E-state index is 14.1. The van der Waals surface area contributed by atoms with E-state index in [0.717, 1.165) is 70.4 Å². The summed E-state index contributed by atoms with van der Waals surface area (Å²) in [5.41, 5.74) is 0.682. The first-order valence-corrected chi connectivity index (χ1v) is 10.1. The van der Waals surface area contributed by atoms with Crippen LogP contribution in [0.4, 0.5) is 10.1 Å². The van der Waals surface area contributed by atoms with Gasteiger partial charge in [-0.2, -0.15) is 0 Å². The van der Waals surface area contributed by atoms with Crippen molar-refractivity contribution in [1.82, 2.24) is 25.0 Å². The summed E-state index contributed by atoms with van der Waals surface area (Å²) < 4.78 is 16.1. The van der Waals surface area contributed by atoms with E-state index in [2.05, 4.69) is 43.7 Å². The van der Waals surface area contributed by atoms with E-state index >= 15 is 0 Å². The van der Waals surface area contributed by atoms with Crippen molar-refractivity contribution in [1.29, 1.82) is 0 Å². The SMILES string of the molecule is CCCN=C(NCCn1cnnc1CC)N1CCN(c2ccccc2F)CC1.I. The molecule has 2 aromatic rings.